The first-order valence-corrected chi connectivity index (χ1v) is 5.77. The maximum absolute atomic E-state index is 12.1. The van der Waals surface area contributed by atoms with Crippen LogP contribution >= 0.6 is 12.4 Å². The Morgan fingerprint density at radius 3 is 3.00 bits per heavy atom. The first-order valence-electron chi connectivity index (χ1n) is 5.77. The smallest absolute Gasteiger partial charge is 0.274 e. The second kappa shape index (κ2) is 6.02. The number of H-pyrrole nitrogens is 1. The first-order chi connectivity index (χ1) is 7.70. The van der Waals surface area contributed by atoms with Gasteiger partial charge in [0.1, 0.15) is 5.69 Å². The van der Waals surface area contributed by atoms with Crippen LogP contribution in [-0.4, -0.2) is 46.7 Å². The normalized spacial score (nSPS) is 19.9. The van der Waals surface area contributed by atoms with Crippen LogP contribution in [0.25, 0.3) is 0 Å². The zero-order valence-electron chi connectivity index (χ0n) is 10.2. The molecule has 0 aliphatic carbocycles. The van der Waals surface area contributed by atoms with Crippen molar-refractivity contribution in [2.75, 3.05) is 19.6 Å². The summed E-state index contributed by atoms with van der Waals surface area (Å²) in [5.74, 6) is 0.0318. The molecule has 1 aromatic rings. The summed E-state index contributed by atoms with van der Waals surface area (Å²) in [5, 5.41) is 10.2. The summed E-state index contributed by atoms with van der Waals surface area (Å²) in [6.45, 7) is 6.50. The first kappa shape index (κ1) is 14.0. The second-order valence-electron chi connectivity index (χ2n) is 4.24. The van der Waals surface area contributed by atoms with E-state index in [1.54, 1.807) is 0 Å². The van der Waals surface area contributed by atoms with Gasteiger partial charge >= 0.3 is 0 Å². The predicted octanol–water partition coefficient (Wildman–Crippen LogP) is 0.828. The molecular weight excluding hydrogens is 240 g/mol. The minimum Gasteiger partial charge on any atom is -0.334 e. The van der Waals surface area contributed by atoms with Crippen LogP contribution in [0.15, 0.2) is 6.07 Å². The molecule has 96 valence electrons. The van der Waals surface area contributed by atoms with E-state index in [1.165, 1.54) is 0 Å². The van der Waals surface area contributed by atoms with E-state index in [9.17, 15) is 4.79 Å². The maximum Gasteiger partial charge on any atom is 0.274 e. The number of aromatic nitrogens is 2. The lowest BCUT2D eigenvalue weighted by atomic mass is 10.2. The van der Waals surface area contributed by atoms with E-state index in [1.807, 2.05) is 17.9 Å². The quantitative estimate of drug-likeness (QED) is 0.826. The predicted molar refractivity (Wildman–Crippen MR) is 68.6 cm³/mol. The average molecular weight is 259 g/mol. The van der Waals surface area contributed by atoms with Crippen LogP contribution in [0, 0.1) is 0 Å². The molecule has 0 bridgehead atoms. The molecule has 1 aromatic heterocycles. The summed E-state index contributed by atoms with van der Waals surface area (Å²) >= 11 is 0. The molecular formula is C11H19ClN4O. The van der Waals surface area contributed by atoms with Crippen LogP contribution in [-0.2, 0) is 6.42 Å². The molecule has 2 rings (SSSR count). The molecule has 1 amide bonds. The number of nitrogens with zero attached hydrogens (tertiary/aromatic N) is 2. The maximum atomic E-state index is 12.1. The number of rotatable bonds is 2. The molecule has 1 saturated heterocycles. The molecule has 0 saturated carbocycles. The van der Waals surface area contributed by atoms with E-state index in [2.05, 4.69) is 22.4 Å². The Hall–Kier alpha value is -1.07. The lowest BCUT2D eigenvalue weighted by Crippen LogP contribution is -2.51. The van der Waals surface area contributed by atoms with Gasteiger partial charge in [-0.15, -0.1) is 12.4 Å². The number of hydrogen-bond donors (Lipinski definition) is 2. The monoisotopic (exact) mass is 258 g/mol. The highest BCUT2D eigenvalue weighted by Gasteiger charge is 2.23. The van der Waals surface area contributed by atoms with Crippen molar-refractivity contribution >= 4 is 18.3 Å². The van der Waals surface area contributed by atoms with E-state index >= 15 is 0 Å². The van der Waals surface area contributed by atoms with Gasteiger partial charge in [-0.25, -0.2) is 0 Å². The van der Waals surface area contributed by atoms with Crippen LogP contribution in [0.1, 0.15) is 30.0 Å². The van der Waals surface area contributed by atoms with Gasteiger partial charge in [-0.1, -0.05) is 6.92 Å². The molecule has 0 spiro atoms. The minimum absolute atomic E-state index is 0. The number of nitrogens with one attached hydrogen (secondary N) is 2. The van der Waals surface area contributed by atoms with E-state index in [0.29, 0.717) is 11.7 Å². The van der Waals surface area contributed by atoms with Gasteiger partial charge in [-0.2, -0.15) is 5.10 Å². The second-order valence-corrected chi connectivity index (χ2v) is 4.24. The van der Waals surface area contributed by atoms with Gasteiger partial charge < -0.3 is 10.2 Å². The van der Waals surface area contributed by atoms with Crippen molar-refractivity contribution < 1.29 is 4.79 Å². The summed E-state index contributed by atoms with van der Waals surface area (Å²) < 4.78 is 0. The summed E-state index contributed by atoms with van der Waals surface area (Å²) in [6.07, 6.45) is 0.873. The highest BCUT2D eigenvalue weighted by Crippen LogP contribution is 2.07. The number of piperazine rings is 1. The van der Waals surface area contributed by atoms with Crippen LogP contribution in [0.3, 0.4) is 0 Å². The van der Waals surface area contributed by atoms with Crippen molar-refractivity contribution in [3.05, 3.63) is 17.5 Å². The van der Waals surface area contributed by atoms with Gasteiger partial charge in [0.05, 0.1) is 0 Å². The van der Waals surface area contributed by atoms with Crippen molar-refractivity contribution in [3.63, 3.8) is 0 Å². The topological polar surface area (TPSA) is 61.0 Å². The third kappa shape index (κ3) is 3.20. The molecule has 0 aromatic carbocycles. The van der Waals surface area contributed by atoms with Crippen molar-refractivity contribution in [3.8, 4) is 0 Å². The number of aryl methyl sites for hydroxylation is 1. The molecule has 0 radical (unpaired) electrons. The van der Waals surface area contributed by atoms with Crippen LogP contribution in [0.4, 0.5) is 0 Å². The van der Waals surface area contributed by atoms with E-state index in [0.717, 1.165) is 31.7 Å². The van der Waals surface area contributed by atoms with Gasteiger partial charge in [0.15, 0.2) is 0 Å². The Balaban J connectivity index is 0.00000144. The average Bonchev–Trinajstić information content (AvgIpc) is 2.76. The van der Waals surface area contributed by atoms with Gasteiger partial charge in [-0.05, 0) is 19.4 Å². The molecule has 5 nitrogen and oxygen atoms in total. The SMILES string of the molecule is CCc1cc(C(=O)N2CCNC(C)C2)n[nH]1.Cl. The fraction of sp³-hybridized carbons (Fsp3) is 0.636. The number of amides is 1. The van der Waals surface area contributed by atoms with Gasteiger partial charge in [0, 0.05) is 31.4 Å². The van der Waals surface area contributed by atoms with Crippen molar-refractivity contribution in [2.24, 2.45) is 0 Å². The highest BCUT2D eigenvalue weighted by molar-refractivity contribution is 5.92. The molecule has 1 aliphatic heterocycles. The lowest BCUT2D eigenvalue weighted by molar-refractivity contribution is 0.0703. The number of hydrogen-bond acceptors (Lipinski definition) is 3. The van der Waals surface area contributed by atoms with Crippen molar-refractivity contribution in [1.82, 2.24) is 20.4 Å². The number of halogens is 1. The number of aromatic amines is 1. The zero-order chi connectivity index (χ0) is 11.5. The number of carbonyl (C=O) groups excluding carboxylic acids is 1. The van der Waals surface area contributed by atoms with Crippen LogP contribution in [0.5, 0.6) is 0 Å². The van der Waals surface area contributed by atoms with Crippen molar-refractivity contribution in [1.29, 1.82) is 0 Å². The Kier molecular flexibility index (Phi) is 4.96. The van der Waals surface area contributed by atoms with Crippen LogP contribution < -0.4 is 5.32 Å². The minimum atomic E-state index is 0. The molecule has 1 atom stereocenters. The Morgan fingerprint density at radius 2 is 2.41 bits per heavy atom. The Labute approximate surface area is 107 Å². The van der Waals surface area contributed by atoms with Gasteiger partial charge in [0.2, 0.25) is 0 Å². The summed E-state index contributed by atoms with van der Waals surface area (Å²) in [5.41, 5.74) is 1.54. The fourth-order valence-corrected chi connectivity index (χ4v) is 1.93. The van der Waals surface area contributed by atoms with Crippen LogP contribution in [0.2, 0.25) is 0 Å². The van der Waals surface area contributed by atoms with E-state index in [-0.39, 0.29) is 18.3 Å². The van der Waals surface area contributed by atoms with Crippen molar-refractivity contribution in [2.45, 2.75) is 26.3 Å². The Bertz CT molecular complexity index is 379. The molecule has 17 heavy (non-hydrogen) atoms. The summed E-state index contributed by atoms with van der Waals surface area (Å²) in [7, 11) is 0. The van der Waals surface area contributed by atoms with E-state index < -0.39 is 0 Å². The number of carbonyl (C=O) groups is 1. The largest absolute Gasteiger partial charge is 0.334 e. The lowest BCUT2D eigenvalue weighted by Gasteiger charge is -2.31. The molecule has 1 aliphatic rings. The van der Waals surface area contributed by atoms with Gasteiger partial charge in [-0.3, -0.25) is 9.89 Å². The Morgan fingerprint density at radius 1 is 1.65 bits per heavy atom. The molecule has 1 fully saturated rings. The zero-order valence-corrected chi connectivity index (χ0v) is 11.0. The molecule has 2 heterocycles. The third-order valence-electron chi connectivity index (χ3n) is 2.89. The fourth-order valence-electron chi connectivity index (χ4n) is 1.93. The molecule has 2 N–H and O–H groups in total. The molecule has 6 heteroatoms. The highest BCUT2D eigenvalue weighted by atomic mass is 35.5. The summed E-state index contributed by atoms with van der Waals surface area (Å²) in [6, 6.07) is 2.21. The standard InChI is InChI=1S/C11H18N4O.ClH/c1-3-9-6-10(14-13-9)11(16)15-5-4-12-8(2)7-15;/h6,8,12H,3-5,7H2,1-2H3,(H,13,14);1H. The van der Waals surface area contributed by atoms with Gasteiger partial charge in [0.25, 0.3) is 5.91 Å². The third-order valence-corrected chi connectivity index (χ3v) is 2.89. The van der Waals surface area contributed by atoms with E-state index in [4.69, 9.17) is 0 Å². The summed E-state index contributed by atoms with van der Waals surface area (Å²) in [4.78, 5) is 13.9. The molecule has 1 unspecified atom stereocenters.